The summed E-state index contributed by atoms with van der Waals surface area (Å²) in [7, 11) is 0. The fourth-order valence-electron chi connectivity index (χ4n) is 4.83. The van der Waals surface area contributed by atoms with E-state index < -0.39 is 10.8 Å². The van der Waals surface area contributed by atoms with Crippen molar-refractivity contribution in [3.8, 4) is 16.9 Å². The molecule has 4 rings (SSSR count). The predicted molar refractivity (Wildman–Crippen MR) is 144 cm³/mol. The lowest BCUT2D eigenvalue weighted by molar-refractivity contribution is -0.386. The fraction of sp³-hybridized carbons (Fsp3) is 0.310. The summed E-state index contributed by atoms with van der Waals surface area (Å²) in [4.78, 5) is 37.0. The van der Waals surface area contributed by atoms with Crippen LogP contribution in [-0.2, 0) is 22.7 Å². The number of nitrogens with one attached hydrogen (secondary N) is 1. The van der Waals surface area contributed by atoms with Crippen LogP contribution >= 0.6 is 0 Å². The van der Waals surface area contributed by atoms with Crippen LogP contribution in [0.3, 0.4) is 0 Å². The minimum absolute atomic E-state index is 0.0855. The van der Waals surface area contributed by atoms with E-state index in [-0.39, 0.29) is 43.0 Å². The van der Waals surface area contributed by atoms with E-state index in [0.717, 1.165) is 34.2 Å². The molecule has 1 heterocycles. The minimum atomic E-state index is -0.470. The number of carbonyl (C=O) groups excluding carboxylic acids is 2. The van der Waals surface area contributed by atoms with Crippen LogP contribution in [0.4, 0.5) is 5.69 Å². The molecule has 0 radical (unpaired) electrons. The van der Waals surface area contributed by atoms with Crippen LogP contribution in [0.1, 0.15) is 36.0 Å². The molecule has 38 heavy (non-hydrogen) atoms. The maximum Gasteiger partial charge on any atom is 0.311 e. The van der Waals surface area contributed by atoms with Crippen LogP contribution < -0.4 is 15.8 Å². The summed E-state index contributed by atoms with van der Waals surface area (Å²) < 4.78 is 5.95. The average molecular weight is 517 g/mol. The van der Waals surface area contributed by atoms with E-state index in [1.54, 1.807) is 12.1 Å². The molecular weight excluding hydrogens is 484 g/mol. The second kappa shape index (κ2) is 12.3. The molecule has 1 fully saturated rings. The molecule has 3 aromatic carbocycles. The van der Waals surface area contributed by atoms with Crippen molar-refractivity contribution in [2.75, 3.05) is 13.1 Å². The molecule has 0 aliphatic carbocycles. The van der Waals surface area contributed by atoms with E-state index in [4.69, 9.17) is 10.5 Å². The number of nitro benzene ring substituents is 1. The van der Waals surface area contributed by atoms with E-state index in [9.17, 15) is 19.7 Å². The number of likely N-dealkylation sites (tertiary alicyclic amines) is 1. The Labute approximate surface area is 221 Å². The van der Waals surface area contributed by atoms with Crippen LogP contribution in [-0.4, -0.2) is 40.8 Å². The lowest BCUT2D eigenvalue weighted by Crippen LogP contribution is -2.43. The monoisotopic (exact) mass is 516 g/mol. The summed E-state index contributed by atoms with van der Waals surface area (Å²) in [6.07, 6.45) is 1.62. The second-order valence-electron chi connectivity index (χ2n) is 9.44. The third kappa shape index (κ3) is 6.54. The highest BCUT2D eigenvalue weighted by atomic mass is 16.6. The van der Waals surface area contributed by atoms with E-state index in [0.29, 0.717) is 19.5 Å². The second-order valence-corrected chi connectivity index (χ2v) is 9.44. The Bertz CT molecular complexity index is 1310. The Morgan fingerprint density at radius 2 is 1.92 bits per heavy atom. The number of primary amides is 1. The van der Waals surface area contributed by atoms with Crippen LogP contribution in [0.15, 0.2) is 66.7 Å². The van der Waals surface area contributed by atoms with Gasteiger partial charge in [-0.3, -0.25) is 24.6 Å². The van der Waals surface area contributed by atoms with Crippen molar-refractivity contribution in [2.24, 2.45) is 5.73 Å². The fourth-order valence-corrected chi connectivity index (χ4v) is 4.83. The summed E-state index contributed by atoms with van der Waals surface area (Å²) in [5, 5.41) is 14.6. The largest absolute Gasteiger partial charge is 0.482 e. The lowest BCUT2D eigenvalue weighted by atomic mass is 9.97. The van der Waals surface area contributed by atoms with Crippen molar-refractivity contribution in [3.05, 3.63) is 93.5 Å². The zero-order valence-corrected chi connectivity index (χ0v) is 21.4. The number of hydrogen-bond donors (Lipinski definition) is 2. The van der Waals surface area contributed by atoms with E-state index in [1.807, 2.05) is 54.3 Å². The van der Waals surface area contributed by atoms with Gasteiger partial charge in [-0.1, -0.05) is 54.6 Å². The molecule has 9 heteroatoms. The third-order valence-electron chi connectivity index (χ3n) is 6.86. The summed E-state index contributed by atoms with van der Waals surface area (Å²) in [5.41, 5.74) is 9.96. The molecule has 0 aromatic heterocycles. The zero-order chi connectivity index (χ0) is 27.1. The molecule has 1 aliphatic rings. The number of amides is 2. The van der Waals surface area contributed by atoms with Gasteiger partial charge < -0.3 is 15.8 Å². The van der Waals surface area contributed by atoms with Crippen molar-refractivity contribution in [1.29, 1.82) is 0 Å². The molecule has 9 nitrogen and oxygen atoms in total. The molecule has 3 N–H and O–H groups in total. The van der Waals surface area contributed by atoms with E-state index in [2.05, 4.69) is 11.4 Å². The van der Waals surface area contributed by atoms with Crippen LogP contribution in [0, 0.1) is 17.0 Å². The number of benzene rings is 3. The molecule has 2 amide bonds. The average Bonchev–Trinajstić information content (AvgIpc) is 3.37. The first kappa shape index (κ1) is 26.8. The molecule has 3 aromatic rings. The number of nitro groups is 1. The SMILES string of the molecule is Cc1c(COc2ccc(CN3CCC[C@H]3C(=O)NCCC(N)=O)cc2[N+](=O)[O-])cccc1-c1ccccc1. The highest BCUT2D eigenvalue weighted by Gasteiger charge is 2.31. The standard InChI is InChI=1S/C29H32N4O5/c1-20-23(9-5-10-24(20)22-7-3-2-4-8-22)19-38-27-13-12-21(17-26(27)33(36)37)18-32-16-6-11-25(32)29(35)31-15-14-28(30)34/h2-5,7-10,12-13,17,25H,6,11,14-16,18-19H2,1H3,(H2,30,34)(H,31,35)/t25-/m0/s1. The molecule has 1 saturated heterocycles. The molecule has 198 valence electrons. The van der Waals surface area contributed by atoms with Gasteiger partial charge in [0.1, 0.15) is 6.61 Å². The van der Waals surface area contributed by atoms with Gasteiger partial charge in [-0.2, -0.15) is 0 Å². The number of ether oxygens (including phenoxy) is 1. The number of nitrogens with zero attached hydrogens (tertiary/aromatic N) is 2. The number of rotatable bonds is 11. The van der Waals surface area contributed by atoms with Gasteiger partial charge in [0.05, 0.1) is 11.0 Å². The molecule has 1 aliphatic heterocycles. The quantitative estimate of drug-likeness (QED) is 0.292. The third-order valence-corrected chi connectivity index (χ3v) is 6.86. The van der Waals surface area contributed by atoms with Gasteiger partial charge in [-0.25, -0.2) is 0 Å². The number of carbonyl (C=O) groups is 2. The van der Waals surface area contributed by atoms with Gasteiger partial charge in [0, 0.05) is 25.6 Å². The van der Waals surface area contributed by atoms with E-state index >= 15 is 0 Å². The Morgan fingerprint density at radius 1 is 1.13 bits per heavy atom. The summed E-state index contributed by atoms with van der Waals surface area (Å²) in [5.74, 6) is -0.431. The molecule has 0 unspecified atom stereocenters. The Balaban J connectivity index is 1.45. The normalized spacial score (nSPS) is 15.2. The summed E-state index contributed by atoms with van der Waals surface area (Å²) in [6.45, 7) is 3.52. The zero-order valence-electron chi connectivity index (χ0n) is 21.4. The molecule has 1 atom stereocenters. The first-order valence-electron chi connectivity index (χ1n) is 12.7. The number of nitrogens with two attached hydrogens (primary N) is 1. The van der Waals surface area contributed by atoms with Gasteiger partial charge in [0.2, 0.25) is 11.8 Å². The van der Waals surface area contributed by atoms with Gasteiger partial charge in [0.15, 0.2) is 5.75 Å². The first-order chi connectivity index (χ1) is 18.3. The molecule has 0 bridgehead atoms. The molecular formula is C29H32N4O5. The maximum atomic E-state index is 12.6. The van der Waals surface area contributed by atoms with Crippen molar-refractivity contribution in [2.45, 2.75) is 45.4 Å². The minimum Gasteiger partial charge on any atom is -0.482 e. The number of hydrogen-bond acceptors (Lipinski definition) is 6. The van der Waals surface area contributed by atoms with Crippen molar-refractivity contribution >= 4 is 17.5 Å². The van der Waals surface area contributed by atoms with Gasteiger partial charge in [-0.15, -0.1) is 0 Å². The Morgan fingerprint density at radius 3 is 2.66 bits per heavy atom. The van der Waals surface area contributed by atoms with Crippen molar-refractivity contribution < 1.29 is 19.2 Å². The van der Waals surface area contributed by atoms with Crippen LogP contribution in [0.25, 0.3) is 11.1 Å². The van der Waals surface area contributed by atoms with Crippen molar-refractivity contribution in [3.63, 3.8) is 0 Å². The van der Waals surface area contributed by atoms with Crippen LogP contribution in [0.5, 0.6) is 5.75 Å². The van der Waals surface area contributed by atoms with Crippen molar-refractivity contribution in [1.82, 2.24) is 10.2 Å². The summed E-state index contributed by atoms with van der Waals surface area (Å²) >= 11 is 0. The van der Waals surface area contributed by atoms with Gasteiger partial charge >= 0.3 is 5.69 Å². The first-order valence-corrected chi connectivity index (χ1v) is 12.7. The summed E-state index contributed by atoms with van der Waals surface area (Å²) in [6, 6.07) is 20.6. The predicted octanol–water partition coefficient (Wildman–Crippen LogP) is 4.11. The van der Waals surface area contributed by atoms with E-state index in [1.165, 1.54) is 6.07 Å². The lowest BCUT2D eigenvalue weighted by Gasteiger charge is -2.23. The highest BCUT2D eigenvalue weighted by Crippen LogP contribution is 2.32. The Hall–Kier alpha value is -4.24. The molecule has 0 saturated carbocycles. The Kier molecular flexibility index (Phi) is 8.70. The van der Waals surface area contributed by atoms with Crippen LogP contribution in [0.2, 0.25) is 0 Å². The highest BCUT2D eigenvalue weighted by molar-refractivity contribution is 5.82. The van der Waals surface area contributed by atoms with Gasteiger partial charge in [-0.05, 0) is 60.2 Å². The molecule has 0 spiro atoms. The van der Waals surface area contributed by atoms with Gasteiger partial charge in [0.25, 0.3) is 0 Å². The smallest absolute Gasteiger partial charge is 0.311 e. The maximum absolute atomic E-state index is 12.6. The topological polar surface area (TPSA) is 128 Å².